The van der Waals surface area contributed by atoms with E-state index in [2.05, 4.69) is 40.5 Å². The van der Waals surface area contributed by atoms with Crippen LogP contribution in [0.5, 0.6) is 0 Å². The molecule has 5 heteroatoms. The van der Waals surface area contributed by atoms with E-state index in [4.69, 9.17) is 23.2 Å². The van der Waals surface area contributed by atoms with Gasteiger partial charge in [-0.25, -0.2) is 0 Å². The summed E-state index contributed by atoms with van der Waals surface area (Å²) >= 11 is 12.3. The zero-order chi connectivity index (χ0) is 18.5. The number of hydrogen-bond donors (Lipinski definition) is 1. The molecule has 0 radical (unpaired) electrons. The van der Waals surface area contributed by atoms with Gasteiger partial charge in [-0.05, 0) is 62.9 Å². The van der Waals surface area contributed by atoms with Gasteiger partial charge in [-0.2, -0.15) is 0 Å². The van der Waals surface area contributed by atoms with Gasteiger partial charge in [0.1, 0.15) is 0 Å². The first-order valence-electron chi connectivity index (χ1n) is 9.07. The Labute approximate surface area is 165 Å². The average Bonchev–Trinajstić information content (AvgIpc) is 2.65. The van der Waals surface area contributed by atoms with Gasteiger partial charge in [-0.15, -0.1) is 0 Å². The van der Waals surface area contributed by atoms with Crippen LogP contribution in [0, 0.1) is 5.92 Å². The SMILES string of the molecule is C[C@@H](C(=O)Nc1c(Cl)cccc1Cl)N1CCC(Cc2ccccc2)CC1. The maximum Gasteiger partial charge on any atom is 0.241 e. The third kappa shape index (κ3) is 4.79. The predicted molar refractivity (Wildman–Crippen MR) is 109 cm³/mol. The molecule has 1 aliphatic heterocycles. The van der Waals surface area contributed by atoms with Gasteiger partial charge >= 0.3 is 0 Å². The molecule has 0 aromatic heterocycles. The van der Waals surface area contributed by atoms with Crippen molar-refractivity contribution in [1.82, 2.24) is 4.90 Å². The number of benzene rings is 2. The average molecular weight is 391 g/mol. The van der Waals surface area contributed by atoms with Crippen molar-refractivity contribution in [3.05, 3.63) is 64.1 Å². The summed E-state index contributed by atoms with van der Waals surface area (Å²) < 4.78 is 0. The highest BCUT2D eigenvalue weighted by molar-refractivity contribution is 6.39. The van der Waals surface area contributed by atoms with Crippen molar-refractivity contribution in [2.45, 2.75) is 32.2 Å². The van der Waals surface area contributed by atoms with E-state index in [1.54, 1.807) is 18.2 Å². The maximum absolute atomic E-state index is 12.6. The fourth-order valence-corrected chi connectivity index (χ4v) is 3.99. The van der Waals surface area contributed by atoms with E-state index in [0.29, 0.717) is 21.7 Å². The van der Waals surface area contributed by atoms with Crippen LogP contribution in [0.25, 0.3) is 0 Å². The van der Waals surface area contributed by atoms with Crippen molar-refractivity contribution in [2.24, 2.45) is 5.92 Å². The second-order valence-electron chi connectivity index (χ2n) is 6.93. The number of hydrogen-bond acceptors (Lipinski definition) is 2. The highest BCUT2D eigenvalue weighted by Crippen LogP contribution is 2.30. The van der Waals surface area contributed by atoms with Crippen LogP contribution in [0.2, 0.25) is 10.0 Å². The Balaban J connectivity index is 1.53. The monoisotopic (exact) mass is 390 g/mol. The summed E-state index contributed by atoms with van der Waals surface area (Å²) in [7, 11) is 0. The Bertz CT molecular complexity index is 723. The van der Waals surface area contributed by atoms with E-state index < -0.39 is 0 Å². The summed E-state index contributed by atoms with van der Waals surface area (Å²) in [6, 6.07) is 15.6. The number of halogens is 2. The fraction of sp³-hybridized carbons (Fsp3) is 0.381. The molecule has 3 rings (SSSR count). The Kier molecular flexibility index (Phi) is 6.58. The van der Waals surface area contributed by atoms with Crippen LogP contribution in [-0.2, 0) is 11.2 Å². The molecule has 0 aliphatic carbocycles. The molecular formula is C21H24Cl2N2O. The fourth-order valence-electron chi connectivity index (χ4n) is 3.50. The van der Waals surface area contributed by atoms with Gasteiger partial charge in [0.25, 0.3) is 0 Å². The summed E-state index contributed by atoms with van der Waals surface area (Å²) in [6.45, 7) is 3.81. The van der Waals surface area contributed by atoms with Gasteiger partial charge in [0, 0.05) is 0 Å². The van der Waals surface area contributed by atoms with E-state index in [1.165, 1.54) is 5.56 Å². The molecule has 0 spiro atoms. The number of carbonyl (C=O) groups is 1. The molecule has 2 aromatic rings. The molecule has 1 aliphatic rings. The summed E-state index contributed by atoms with van der Waals surface area (Å²) in [5.41, 5.74) is 1.89. The number of para-hydroxylation sites is 1. The van der Waals surface area contributed by atoms with Crippen molar-refractivity contribution >= 4 is 34.8 Å². The van der Waals surface area contributed by atoms with Crippen molar-refractivity contribution in [1.29, 1.82) is 0 Å². The lowest BCUT2D eigenvalue weighted by Gasteiger charge is -2.35. The highest BCUT2D eigenvalue weighted by atomic mass is 35.5. The van der Waals surface area contributed by atoms with Gasteiger partial charge < -0.3 is 5.32 Å². The van der Waals surface area contributed by atoms with Gasteiger partial charge in [0.2, 0.25) is 5.91 Å². The number of nitrogens with one attached hydrogen (secondary N) is 1. The first kappa shape index (κ1) is 19.2. The lowest BCUT2D eigenvalue weighted by atomic mass is 9.89. The van der Waals surface area contributed by atoms with Crippen LogP contribution in [0.1, 0.15) is 25.3 Å². The summed E-state index contributed by atoms with van der Waals surface area (Å²) in [6.07, 6.45) is 3.34. The largest absolute Gasteiger partial charge is 0.322 e. The lowest BCUT2D eigenvalue weighted by molar-refractivity contribution is -0.121. The zero-order valence-corrected chi connectivity index (χ0v) is 16.4. The minimum Gasteiger partial charge on any atom is -0.322 e. The van der Waals surface area contributed by atoms with Gasteiger partial charge in [-0.3, -0.25) is 9.69 Å². The third-order valence-corrected chi connectivity index (χ3v) is 5.78. The number of carbonyl (C=O) groups excluding carboxylic acids is 1. The highest BCUT2D eigenvalue weighted by Gasteiger charge is 2.27. The molecule has 0 bridgehead atoms. The van der Waals surface area contributed by atoms with Gasteiger partial charge in [0.05, 0.1) is 21.8 Å². The summed E-state index contributed by atoms with van der Waals surface area (Å²) in [5.74, 6) is 0.614. The number of likely N-dealkylation sites (tertiary alicyclic amines) is 1. The number of piperidine rings is 1. The van der Waals surface area contributed by atoms with Crippen LogP contribution < -0.4 is 5.32 Å². The molecule has 1 saturated heterocycles. The van der Waals surface area contributed by atoms with E-state index in [1.807, 2.05) is 6.92 Å². The first-order chi connectivity index (χ1) is 12.5. The van der Waals surface area contributed by atoms with Crippen LogP contribution in [-0.4, -0.2) is 29.9 Å². The van der Waals surface area contributed by atoms with Gasteiger partial charge in [0.15, 0.2) is 0 Å². The predicted octanol–water partition coefficient (Wildman–Crippen LogP) is 5.28. The molecular weight excluding hydrogens is 367 g/mol. The molecule has 1 heterocycles. The van der Waals surface area contributed by atoms with E-state index >= 15 is 0 Å². The van der Waals surface area contributed by atoms with Crippen molar-refractivity contribution in [3.8, 4) is 0 Å². The molecule has 26 heavy (non-hydrogen) atoms. The van der Waals surface area contributed by atoms with Gasteiger partial charge in [-0.1, -0.05) is 59.6 Å². The smallest absolute Gasteiger partial charge is 0.241 e. The molecule has 0 unspecified atom stereocenters. The summed E-state index contributed by atoms with van der Waals surface area (Å²) in [5, 5.41) is 3.80. The number of nitrogens with zero attached hydrogens (tertiary/aromatic N) is 1. The Morgan fingerprint density at radius 1 is 1.08 bits per heavy atom. The molecule has 1 fully saturated rings. The van der Waals surface area contributed by atoms with Crippen LogP contribution >= 0.6 is 23.2 Å². The maximum atomic E-state index is 12.6. The number of amides is 1. The Morgan fingerprint density at radius 3 is 2.31 bits per heavy atom. The molecule has 138 valence electrons. The quantitative estimate of drug-likeness (QED) is 0.753. The molecule has 1 N–H and O–H groups in total. The Hall–Kier alpha value is -1.55. The molecule has 1 amide bonds. The zero-order valence-electron chi connectivity index (χ0n) is 14.9. The first-order valence-corrected chi connectivity index (χ1v) is 9.83. The van der Waals surface area contributed by atoms with E-state index in [0.717, 1.165) is 32.4 Å². The number of rotatable bonds is 5. The molecule has 3 nitrogen and oxygen atoms in total. The second-order valence-corrected chi connectivity index (χ2v) is 7.75. The van der Waals surface area contributed by atoms with Crippen LogP contribution in [0.4, 0.5) is 5.69 Å². The normalized spacial score (nSPS) is 17.0. The molecule has 1 atom stereocenters. The third-order valence-electron chi connectivity index (χ3n) is 5.15. The Morgan fingerprint density at radius 2 is 1.69 bits per heavy atom. The molecule has 2 aromatic carbocycles. The van der Waals surface area contributed by atoms with Crippen molar-refractivity contribution in [3.63, 3.8) is 0 Å². The summed E-state index contributed by atoms with van der Waals surface area (Å²) in [4.78, 5) is 14.9. The second kappa shape index (κ2) is 8.90. The lowest BCUT2D eigenvalue weighted by Crippen LogP contribution is -2.46. The van der Waals surface area contributed by atoms with E-state index in [-0.39, 0.29) is 11.9 Å². The van der Waals surface area contributed by atoms with Crippen molar-refractivity contribution in [2.75, 3.05) is 18.4 Å². The topological polar surface area (TPSA) is 32.3 Å². The minimum atomic E-state index is -0.208. The van der Waals surface area contributed by atoms with E-state index in [9.17, 15) is 4.79 Å². The van der Waals surface area contributed by atoms with Crippen molar-refractivity contribution < 1.29 is 4.79 Å². The van der Waals surface area contributed by atoms with Crippen LogP contribution in [0.3, 0.4) is 0 Å². The van der Waals surface area contributed by atoms with Crippen LogP contribution in [0.15, 0.2) is 48.5 Å². The molecule has 0 saturated carbocycles. The standard InChI is InChI=1S/C21H24Cl2N2O/c1-15(21(26)24-20-18(22)8-5-9-19(20)23)25-12-10-17(11-13-25)14-16-6-3-2-4-7-16/h2-9,15,17H,10-14H2,1H3,(H,24,26)/t15-/m0/s1. The minimum absolute atomic E-state index is 0.0680. The number of anilines is 1.